The normalized spacial score (nSPS) is 16.1. The Morgan fingerprint density at radius 3 is 2.65 bits per heavy atom. The van der Waals surface area contributed by atoms with Crippen LogP contribution in [0.3, 0.4) is 0 Å². The van der Waals surface area contributed by atoms with Gasteiger partial charge >= 0.3 is 0 Å². The summed E-state index contributed by atoms with van der Waals surface area (Å²) in [6, 6.07) is 15.7. The molecule has 8 heteroatoms. The van der Waals surface area contributed by atoms with Gasteiger partial charge in [0.1, 0.15) is 16.7 Å². The number of benzene rings is 2. The monoisotopic (exact) mass is 479 g/mol. The Kier molecular flexibility index (Phi) is 7.59. The highest BCUT2D eigenvalue weighted by Gasteiger charge is 2.35. The number of anilines is 1. The molecule has 1 fully saturated rings. The Labute approximate surface area is 203 Å². The fraction of sp³-hybridized carbons (Fsp3) is 0.346. The van der Waals surface area contributed by atoms with E-state index in [1.54, 1.807) is 18.1 Å². The van der Waals surface area contributed by atoms with Crippen LogP contribution in [0.25, 0.3) is 0 Å². The van der Waals surface area contributed by atoms with Crippen LogP contribution in [0.5, 0.6) is 5.75 Å². The summed E-state index contributed by atoms with van der Waals surface area (Å²) in [5.41, 5.74) is 1.92. The molecule has 1 aromatic heterocycles. The van der Waals surface area contributed by atoms with Gasteiger partial charge in [-0.3, -0.25) is 14.5 Å². The number of hydrogen-bond donors (Lipinski definition) is 1. The van der Waals surface area contributed by atoms with Gasteiger partial charge in [-0.05, 0) is 44.4 Å². The van der Waals surface area contributed by atoms with Gasteiger partial charge in [-0.25, -0.2) is 4.98 Å². The number of nitrogens with zero attached hydrogens (tertiary/aromatic N) is 2. The Morgan fingerprint density at radius 1 is 1.21 bits per heavy atom. The Balaban J connectivity index is 1.78. The molecule has 1 saturated heterocycles. The molecule has 0 spiro atoms. The van der Waals surface area contributed by atoms with E-state index in [2.05, 4.69) is 10.3 Å². The standard InChI is InChI=1S/C26H29N3O4S/c1-17-24(34-18(2)28-17)26(31)29(20-11-7-12-21(15-20)32-3)23(19-9-5-4-6-10-19)25(30)27-16-22-13-8-14-33-22/h4-7,9-12,15,22-23H,8,13-14,16H2,1-3H3,(H,27,30)/t22-,23+/m1/s1. The molecule has 2 aromatic carbocycles. The van der Waals surface area contributed by atoms with E-state index >= 15 is 0 Å². The topological polar surface area (TPSA) is 80.8 Å². The van der Waals surface area contributed by atoms with Gasteiger partial charge in [0, 0.05) is 24.9 Å². The second-order valence-electron chi connectivity index (χ2n) is 8.22. The van der Waals surface area contributed by atoms with Crippen LogP contribution in [0.2, 0.25) is 0 Å². The largest absolute Gasteiger partial charge is 0.497 e. The highest BCUT2D eigenvalue weighted by molar-refractivity contribution is 7.13. The maximum absolute atomic E-state index is 14.0. The van der Waals surface area contributed by atoms with Gasteiger partial charge in [-0.2, -0.15) is 0 Å². The van der Waals surface area contributed by atoms with E-state index in [4.69, 9.17) is 9.47 Å². The van der Waals surface area contributed by atoms with Crippen LogP contribution in [0, 0.1) is 13.8 Å². The zero-order valence-electron chi connectivity index (χ0n) is 19.6. The number of amides is 2. The Hall–Kier alpha value is -3.23. The van der Waals surface area contributed by atoms with E-state index in [1.807, 2.05) is 62.4 Å². The lowest BCUT2D eigenvalue weighted by Gasteiger charge is -2.31. The quantitative estimate of drug-likeness (QED) is 0.516. The van der Waals surface area contributed by atoms with E-state index in [0.29, 0.717) is 40.7 Å². The minimum Gasteiger partial charge on any atom is -0.497 e. The van der Waals surface area contributed by atoms with Crippen LogP contribution in [-0.4, -0.2) is 43.2 Å². The predicted octanol–water partition coefficient (Wildman–Crippen LogP) is 4.45. The van der Waals surface area contributed by atoms with Crippen molar-refractivity contribution in [2.45, 2.75) is 38.8 Å². The highest BCUT2D eigenvalue weighted by atomic mass is 32.1. The van der Waals surface area contributed by atoms with Crippen LogP contribution < -0.4 is 15.0 Å². The summed E-state index contributed by atoms with van der Waals surface area (Å²) in [6.07, 6.45) is 1.89. The lowest BCUT2D eigenvalue weighted by atomic mass is 10.0. The molecule has 0 radical (unpaired) electrons. The molecule has 1 aliphatic heterocycles. The lowest BCUT2D eigenvalue weighted by Crippen LogP contribution is -2.45. The smallest absolute Gasteiger partial charge is 0.271 e. The molecule has 4 rings (SSSR count). The molecular formula is C26H29N3O4S. The maximum atomic E-state index is 14.0. The second-order valence-corrected chi connectivity index (χ2v) is 9.42. The third kappa shape index (κ3) is 5.29. The fourth-order valence-electron chi connectivity index (χ4n) is 4.15. The number of carbonyl (C=O) groups excluding carboxylic acids is 2. The lowest BCUT2D eigenvalue weighted by molar-refractivity contribution is -0.123. The first kappa shape index (κ1) is 23.9. The number of ether oxygens (including phenoxy) is 2. The summed E-state index contributed by atoms with van der Waals surface area (Å²) in [7, 11) is 1.57. The van der Waals surface area contributed by atoms with Gasteiger partial charge in [0.05, 0.1) is 23.9 Å². The van der Waals surface area contributed by atoms with Gasteiger partial charge < -0.3 is 14.8 Å². The van der Waals surface area contributed by atoms with Crippen molar-refractivity contribution in [3.05, 3.63) is 75.7 Å². The van der Waals surface area contributed by atoms with Crippen molar-refractivity contribution >= 4 is 28.8 Å². The van der Waals surface area contributed by atoms with Gasteiger partial charge in [0.15, 0.2) is 0 Å². The SMILES string of the molecule is COc1cccc(N(C(=O)c2sc(C)nc2C)[C@H](C(=O)NC[C@H]2CCCO2)c2ccccc2)c1. The minimum absolute atomic E-state index is 0.00673. The number of methoxy groups -OCH3 is 1. The summed E-state index contributed by atoms with van der Waals surface area (Å²) in [5, 5.41) is 3.82. The summed E-state index contributed by atoms with van der Waals surface area (Å²) in [6.45, 7) is 4.80. The molecule has 2 heterocycles. The number of rotatable bonds is 8. The third-order valence-corrected chi connectivity index (χ3v) is 6.86. The van der Waals surface area contributed by atoms with Gasteiger partial charge in [0.25, 0.3) is 5.91 Å². The molecule has 3 aromatic rings. The van der Waals surface area contributed by atoms with Crippen molar-refractivity contribution in [1.82, 2.24) is 10.3 Å². The van der Waals surface area contributed by atoms with Crippen LogP contribution in [-0.2, 0) is 9.53 Å². The first-order chi connectivity index (χ1) is 16.5. The Bertz CT molecular complexity index is 1140. The molecule has 7 nitrogen and oxygen atoms in total. The van der Waals surface area contributed by atoms with Crippen molar-refractivity contribution in [2.24, 2.45) is 0 Å². The average molecular weight is 480 g/mol. The molecule has 1 N–H and O–H groups in total. The van der Waals surface area contributed by atoms with Crippen LogP contribution >= 0.6 is 11.3 Å². The molecular weight excluding hydrogens is 450 g/mol. The first-order valence-electron chi connectivity index (χ1n) is 11.3. The first-order valence-corrected chi connectivity index (χ1v) is 12.2. The summed E-state index contributed by atoms with van der Waals surface area (Å²) in [4.78, 5) is 34.2. The number of nitrogens with one attached hydrogen (secondary N) is 1. The summed E-state index contributed by atoms with van der Waals surface area (Å²) >= 11 is 1.33. The highest BCUT2D eigenvalue weighted by Crippen LogP contribution is 2.33. The number of carbonyl (C=O) groups is 2. The predicted molar refractivity (Wildman–Crippen MR) is 133 cm³/mol. The maximum Gasteiger partial charge on any atom is 0.271 e. The number of aromatic nitrogens is 1. The molecule has 0 unspecified atom stereocenters. The van der Waals surface area contributed by atoms with Crippen LogP contribution in [0.15, 0.2) is 54.6 Å². The van der Waals surface area contributed by atoms with Crippen molar-refractivity contribution < 1.29 is 19.1 Å². The fourth-order valence-corrected chi connectivity index (χ4v) is 5.01. The molecule has 34 heavy (non-hydrogen) atoms. The Morgan fingerprint density at radius 2 is 2.00 bits per heavy atom. The third-order valence-electron chi connectivity index (χ3n) is 5.80. The number of aryl methyl sites for hydroxylation is 2. The summed E-state index contributed by atoms with van der Waals surface area (Å²) in [5.74, 6) is 0.0494. The molecule has 2 atom stereocenters. The number of hydrogen-bond acceptors (Lipinski definition) is 6. The van der Waals surface area contributed by atoms with E-state index in [9.17, 15) is 9.59 Å². The van der Waals surface area contributed by atoms with Crippen molar-refractivity contribution in [2.75, 3.05) is 25.2 Å². The molecule has 2 amide bonds. The zero-order valence-corrected chi connectivity index (χ0v) is 20.4. The van der Waals surface area contributed by atoms with Crippen molar-refractivity contribution in [3.63, 3.8) is 0 Å². The molecule has 1 aliphatic rings. The van der Waals surface area contributed by atoms with Crippen LogP contribution in [0.1, 0.15) is 44.8 Å². The molecule has 178 valence electrons. The zero-order chi connectivity index (χ0) is 24.1. The van der Waals surface area contributed by atoms with Crippen molar-refractivity contribution in [3.8, 4) is 5.75 Å². The number of thiazole rings is 1. The summed E-state index contributed by atoms with van der Waals surface area (Å²) < 4.78 is 11.1. The van der Waals surface area contributed by atoms with Gasteiger partial charge in [-0.1, -0.05) is 36.4 Å². The van der Waals surface area contributed by atoms with Gasteiger partial charge in [0.2, 0.25) is 5.91 Å². The van der Waals surface area contributed by atoms with Crippen molar-refractivity contribution in [1.29, 1.82) is 0 Å². The van der Waals surface area contributed by atoms with E-state index in [1.165, 1.54) is 11.3 Å². The average Bonchev–Trinajstić information content (AvgIpc) is 3.50. The van der Waals surface area contributed by atoms with E-state index in [-0.39, 0.29) is 17.9 Å². The molecule has 0 saturated carbocycles. The van der Waals surface area contributed by atoms with Gasteiger partial charge in [-0.15, -0.1) is 11.3 Å². The molecule has 0 aliphatic carbocycles. The molecule has 0 bridgehead atoms. The van der Waals surface area contributed by atoms with Crippen LogP contribution in [0.4, 0.5) is 5.69 Å². The second kappa shape index (κ2) is 10.8. The van der Waals surface area contributed by atoms with E-state index in [0.717, 1.165) is 17.8 Å². The minimum atomic E-state index is -0.885. The van der Waals surface area contributed by atoms with E-state index < -0.39 is 6.04 Å².